The molecule has 2 aromatic carbocycles. The molecular formula is C22H22N4O2S. The van der Waals surface area contributed by atoms with E-state index in [-0.39, 0.29) is 23.3 Å². The molecule has 0 aliphatic heterocycles. The summed E-state index contributed by atoms with van der Waals surface area (Å²) in [4.78, 5) is 23.3. The normalized spacial score (nSPS) is 11.6. The van der Waals surface area contributed by atoms with Gasteiger partial charge in [0.25, 0.3) is 0 Å². The summed E-state index contributed by atoms with van der Waals surface area (Å²) in [6, 6.07) is 19.5. The third kappa shape index (κ3) is 10.5. The smallest absolute Gasteiger partial charge is 0.250 e. The quantitative estimate of drug-likeness (QED) is 0.469. The lowest BCUT2D eigenvalue weighted by atomic mass is 10.2. The molecule has 148 valence electrons. The number of carbonyl (C=O) groups is 2. The van der Waals surface area contributed by atoms with Crippen LogP contribution in [0.4, 0.5) is 0 Å². The molecule has 0 atom stereocenters. The first-order valence-corrected chi connectivity index (χ1v) is 10.0. The average molecular weight is 407 g/mol. The number of hydrazone groups is 2. The van der Waals surface area contributed by atoms with E-state index in [1.54, 1.807) is 12.2 Å². The van der Waals surface area contributed by atoms with Gasteiger partial charge in [-0.2, -0.15) is 10.2 Å². The number of rotatable bonds is 10. The maximum atomic E-state index is 11.7. The number of benzene rings is 2. The molecule has 2 aromatic rings. The summed E-state index contributed by atoms with van der Waals surface area (Å²) in [5.74, 6) is -0.293. The number of hydrogen-bond acceptors (Lipinski definition) is 5. The molecule has 0 radical (unpaired) electrons. The minimum Gasteiger partial charge on any atom is -0.272 e. The molecule has 2 amide bonds. The highest BCUT2D eigenvalue weighted by Gasteiger charge is 2.03. The van der Waals surface area contributed by atoms with E-state index in [0.29, 0.717) is 0 Å². The summed E-state index contributed by atoms with van der Waals surface area (Å²) in [6.45, 7) is 0. The average Bonchev–Trinajstić information content (AvgIpc) is 2.75. The molecule has 2 rings (SSSR count). The van der Waals surface area contributed by atoms with Gasteiger partial charge >= 0.3 is 0 Å². The minimum atomic E-state index is -0.276. The first kappa shape index (κ1) is 21.8. The van der Waals surface area contributed by atoms with Gasteiger partial charge in [0.05, 0.1) is 11.5 Å². The first-order valence-electron chi connectivity index (χ1n) is 8.89. The van der Waals surface area contributed by atoms with Crippen LogP contribution in [0.5, 0.6) is 0 Å². The van der Waals surface area contributed by atoms with Crippen LogP contribution in [0.1, 0.15) is 11.1 Å². The van der Waals surface area contributed by atoms with E-state index in [1.807, 2.05) is 72.8 Å². The lowest BCUT2D eigenvalue weighted by Crippen LogP contribution is -2.23. The number of carbonyl (C=O) groups excluding carboxylic acids is 2. The van der Waals surface area contributed by atoms with Crippen molar-refractivity contribution in [1.82, 2.24) is 10.9 Å². The van der Waals surface area contributed by atoms with E-state index in [4.69, 9.17) is 0 Å². The molecule has 0 spiro atoms. The molecule has 0 aliphatic carbocycles. The molecule has 7 heteroatoms. The Morgan fingerprint density at radius 2 is 1.14 bits per heavy atom. The molecule has 2 N–H and O–H groups in total. The Hall–Kier alpha value is -3.45. The first-order chi connectivity index (χ1) is 14.2. The van der Waals surface area contributed by atoms with Crippen LogP contribution in [-0.2, 0) is 9.59 Å². The summed E-state index contributed by atoms with van der Waals surface area (Å²) in [6.07, 6.45) is 10.2. The van der Waals surface area contributed by atoms with Crippen LogP contribution in [0, 0.1) is 0 Å². The zero-order valence-corrected chi connectivity index (χ0v) is 16.6. The standard InChI is InChI=1S/C22H22N4O2S/c27-21(25-23-15-7-13-19-9-3-1-4-10-19)17-29-18-22(28)26-24-16-8-14-20-11-5-2-6-12-20/h1-16H,17-18H2,(H,25,27)(H,26,28)/b13-7+,14-8?,23-15+,24-16+. The number of hydrogen-bond donors (Lipinski definition) is 2. The van der Waals surface area contributed by atoms with Crippen LogP contribution in [0.25, 0.3) is 12.2 Å². The Labute approximate surface area is 174 Å². The summed E-state index contributed by atoms with van der Waals surface area (Å²) in [7, 11) is 0. The van der Waals surface area contributed by atoms with E-state index >= 15 is 0 Å². The van der Waals surface area contributed by atoms with E-state index in [0.717, 1.165) is 11.1 Å². The van der Waals surface area contributed by atoms with Crippen LogP contribution < -0.4 is 10.9 Å². The van der Waals surface area contributed by atoms with Crippen molar-refractivity contribution in [1.29, 1.82) is 0 Å². The molecule has 0 unspecified atom stereocenters. The zero-order chi connectivity index (χ0) is 20.6. The lowest BCUT2D eigenvalue weighted by Gasteiger charge is -1.99. The molecular weight excluding hydrogens is 384 g/mol. The monoisotopic (exact) mass is 406 g/mol. The fourth-order valence-corrected chi connectivity index (χ4v) is 2.64. The van der Waals surface area contributed by atoms with Crippen LogP contribution in [-0.4, -0.2) is 35.7 Å². The van der Waals surface area contributed by atoms with Gasteiger partial charge in [0, 0.05) is 12.4 Å². The van der Waals surface area contributed by atoms with E-state index < -0.39 is 0 Å². The molecule has 0 aromatic heterocycles. The second kappa shape index (κ2) is 13.7. The van der Waals surface area contributed by atoms with Gasteiger partial charge in [-0.25, -0.2) is 10.9 Å². The van der Waals surface area contributed by atoms with Crippen molar-refractivity contribution in [3.05, 3.63) is 83.9 Å². The van der Waals surface area contributed by atoms with Crippen LogP contribution in [0.3, 0.4) is 0 Å². The Kier molecular flexibility index (Phi) is 10.3. The van der Waals surface area contributed by atoms with Crippen molar-refractivity contribution in [3.8, 4) is 0 Å². The SMILES string of the molecule is O=C(CSCC(=O)N/N=C/C=C/c1ccccc1)N/N=C/C=Cc1ccccc1. The largest absolute Gasteiger partial charge is 0.272 e. The van der Waals surface area contributed by atoms with E-state index in [1.165, 1.54) is 24.2 Å². The molecule has 0 aliphatic rings. The maximum Gasteiger partial charge on any atom is 0.250 e. The van der Waals surface area contributed by atoms with Gasteiger partial charge in [-0.3, -0.25) is 9.59 Å². The van der Waals surface area contributed by atoms with Gasteiger partial charge in [0.2, 0.25) is 11.8 Å². The van der Waals surface area contributed by atoms with Crippen molar-refractivity contribution < 1.29 is 9.59 Å². The Morgan fingerprint density at radius 1 is 0.724 bits per heavy atom. The Morgan fingerprint density at radius 3 is 1.55 bits per heavy atom. The molecule has 0 saturated heterocycles. The van der Waals surface area contributed by atoms with E-state index in [9.17, 15) is 9.59 Å². The summed E-state index contributed by atoms with van der Waals surface area (Å²) >= 11 is 1.18. The van der Waals surface area contributed by atoms with Gasteiger partial charge in [-0.1, -0.05) is 72.8 Å². The Bertz CT molecular complexity index is 805. The van der Waals surface area contributed by atoms with Crippen molar-refractivity contribution in [3.63, 3.8) is 0 Å². The molecule has 6 nitrogen and oxygen atoms in total. The van der Waals surface area contributed by atoms with Gasteiger partial charge in [0.15, 0.2) is 0 Å². The van der Waals surface area contributed by atoms with Crippen LogP contribution in [0.2, 0.25) is 0 Å². The lowest BCUT2D eigenvalue weighted by molar-refractivity contribution is -0.118. The fraction of sp³-hybridized carbons (Fsp3) is 0.0909. The highest BCUT2D eigenvalue weighted by molar-refractivity contribution is 8.00. The number of amides is 2. The van der Waals surface area contributed by atoms with E-state index in [2.05, 4.69) is 21.1 Å². The van der Waals surface area contributed by atoms with Gasteiger partial charge in [-0.15, -0.1) is 11.8 Å². The highest BCUT2D eigenvalue weighted by Crippen LogP contribution is 2.01. The van der Waals surface area contributed by atoms with Crippen molar-refractivity contribution in [2.24, 2.45) is 10.2 Å². The number of allylic oxidation sites excluding steroid dienone is 2. The maximum absolute atomic E-state index is 11.7. The van der Waals surface area contributed by atoms with Gasteiger partial charge in [0.1, 0.15) is 0 Å². The third-order valence-electron chi connectivity index (χ3n) is 3.34. The minimum absolute atomic E-state index is 0.130. The third-order valence-corrected chi connectivity index (χ3v) is 4.28. The predicted octanol–water partition coefficient (Wildman–Crippen LogP) is 3.35. The van der Waals surface area contributed by atoms with Crippen molar-refractivity contribution in [2.75, 3.05) is 11.5 Å². The second-order valence-electron chi connectivity index (χ2n) is 5.66. The highest BCUT2D eigenvalue weighted by atomic mass is 32.2. The number of thioether (sulfide) groups is 1. The van der Waals surface area contributed by atoms with Crippen LogP contribution in [0.15, 0.2) is 83.0 Å². The fourth-order valence-electron chi connectivity index (χ4n) is 2.04. The predicted molar refractivity (Wildman–Crippen MR) is 122 cm³/mol. The molecule has 29 heavy (non-hydrogen) atoms. The van der Waals surface area contributed by atoms with Crippen molar-refractivity contribution in [2.45, 2.75) is 0 Å². The molecule has 0 heterocycles. The molecule has 0 bridgehead atoms. The number of nitrogens with one attached hydrogen (secondary N) is 2. The summed E-state index contributed by atoms with van der Waals surface area (Å²) in [5, 5.41) is 7.65. The summed E-state index contributed by atoms with van der Waals surface area (Å²) in [5.41, 5.74) is 6.90. The zero-order valence-electron chi connectivity index (χ0n) is 15.8. The van der Waals surface area contributed by atoms with Gasteiger partial charge in [-0.05, 0) is 23.3 Å². The van der Waals surface area contributed by atoms with Gasteiger partial charge < -0.3 is 0 Å². The van der Waals surface area contributed by atoms with Crippen LogP contribution >= 0.6 is 11.8 Å². The Balaban J connectivity index is 1.55. The molecule has 0 saturated carbocycles. The summed E-state index contributed by atoms with van der Waals surface area (Å²) < 4.78 is 0. The molecule has 0 fully saturated rings. The topological polar surface area (TPSA) is 82.9 Å². The second-order valence-corrected chi connectivity index (χ2v) is 6.64. The van der Waals surface area contributed by atoms with Crippen molar-refractivity contribution >= 4 is 48.2 Å². The number of nitrogens with zero attached hydrogens (tertiary/aromatic N) is 2.